The van der Waals surface area contributed by atoms with Crippen molar-refractivity contribution in [2.75, 3.05) is 0 Å². The Hall–Kier alpha value is -2.35. The lowest BCUT2D eigenvalue weighted by Gasteiger charge is -2.08. The molecule has 0 aliphatic carbocycles. The highest BCUT2D eigenvalue weighted by atomic mass is 16.3. The summed E-state index contributed by atoms with van der Waals surface area (Å²) < 4.78 is 5.45. The number of furan rings is 1. The van der Waals surface area contributed by atoms with Gasteiger partial charge in [-0.05, 0) is 36.6 Å². The van der Waals surface area contributed by atoms with Gasteiger partial charge in [0.2, 0.25) is 0 Å². The van der Waals surface area contributed by atoms with E-state index < -0.39 is 0 Å². The molecule has 3 rings (SSSR count). The summed E-state index contributed by atoms with van der Waals surface area (Å²) in [5.74, 6) is 0.104. The van der Waals surface area contributed by atoms with Gasteiger partial charge >= 0.3 is 0 Å². The number of carbonyl (C=O) groups excluding carboxylic acids is 1. The van der Waals surface area contributed by atoms with Crippen LogP contribution in [0.1, 0.15) is 27.0 Å². The summed E-state index contributed by atoms with van der Waals surface area (Å²) in [5, 5.41) is 0.892. The van der Waals surface area contributed by atoms with E-state index in [1.54, 1.807) is 6.26 Å². The van der Waals surface area contributed by atoms with Crippen LogP contribution in [0.4, 0.5) is 0 Å². The van der Waals surface area contributed by atoms with E-state index in [1.807, 2.05) is 56.3 Å². The van der Waals surface area contributed by atoms with E-state index in [0.29, 0.717) is 12.0 Å². The second-order valence-electron chi connectivity index (χ2n) is 5.12. The molecule has 3 aromatic rings. The van der Waals surface area contributed by atoms with Crippen LogP contribution in [0, 0.1) is 13.8 Å². The van der Waals surface area contributed by atoms with Gasteiger partial charge in [-0.3, -0.25) is 4.79 Å². The summed E-state index contributed by atoms with van der Waals surface area (Å²) in [6, 6.07) is 13.7. The number of benzene rings is 2. The average molecular weight is 264 g/mol. The first-order chi connectivity index (χ1) is 9.66. The SMILES string of the molecule is Cc1cccc(C)c1CC(=O)c1coc2ccccc12. The Morgan fingerprint density at radius 3 is 2.45 bits per heavy atom. The molecule has 2 aromatic carbocycles. The minimum atomic E-state index is 0.104. The predicted molar refractivity (Wildman–Crippen MR) is 80.2 cm³/mol. The quantitative estimate of drug-likeness (QED) is 0.653. The van der Waals surface area contributed by atoms with Crippen LogP contribution in [0.2, 0.25) is 0 Å². The molecule has 0 aliphatic rings. The summed E-state index contributed by atoms with van der Waals surface area (Å²) in [6.07, 6.45) is 1.99. The summed E-state index contributed by atoms with van der Waals surface area (Å²) in [7, 11) is 0. The molecule has 0 radical (unpaired) electrons. The number of carbonyl (C=O) groups is 1. The molecule has 0 saturated carbocycles. The van der Waals surface area contributed by atoms with Crippen molar-refractivity contribution in [2.45, 2.75) is 20.3 Å². The van der Waals surface area contributed by atoms with Crippen LogP contribution in [-0.2, 0) is 6.42 Å². The van der Waals surface area contributed by atoms with Crippen LogP contribution in [0.3, 0.4) is 0 Å². The maximum absolute atomic E-state index is 12.5. The van der Waals surface area contributed by atoms with Gasteiger partial charge in [0, 0.05) is 11.8 Å². The van der Waals surface area contributed by atoms with E-state index in [9.17, 15) is 4.79 Å². The fourth-order valence-electron chi connectivity index (χ4n) is 2.58. The molecule has 0 spiro atoms. The lowest BCUT2D eigenvalue weighted by Crippen LogP contribution is -2.05. The Morgan fingerprint density at radius 1 is 1.00 bits per heavy atom. The van der Waals surface area contributed by atoms with E-state index in [4.69, 9.17) is 4.42 Å². The fourth-order valence-corrected chi connectivity index (χ4v) is 2.58. The molecule has 1 aromatic heterocycles. The molecule has 0 aliphatic heterocycles. The molecular weight excluding hydrogens is 248 g/mol. The Morgan fingerprint density at radius 2 is 1.70 bits per heavy atom. The van der Waals surface area contributed by atoms with Gasteiger partial charge in [0.05, 0.1) is 5.56 Å². The van der Waals surface area contributed by atoms with Crippen molar-refractivity contribution in [3.63, 3.8) is 0 Å². The number of ketones is 1. The highest BCUT2D eigenvalue weighted by molar-refractivity contribution is 6.08. The topological polar surface area (TPSA) is 30.2 Å². The molecule has 0 unspecified atom stereocenters. The van der Waals surface area contributed by atoms with Gasteiger partial charge in [-0.25, -0.2) is 0 Å². The number of aryl methyl sites for hydroxylation is 2. The molecule has 0 N–H and O–H groups in total. The Bertz CT molecular complexity index is 761. The maximum Gasteiger partial charge on any atom is 0.171 e. The minimum Gasteiger partial charge on any atom is -0.464 e. The van der Waals surface area contributed by atoms with Crippen LogP contribution >= 0.6 is 0 Å². The Labute approximate surface area is 118 Å². The van der Waals surface area contributed by atoms with Crippen molar-refractivity contribution < 1.29 is 9.21 Å². The summed E-state index contributed by atoms with van der Waals surface area (Å²) in [4.78, 5) is 12.5. The summed E-state index contributed by atoms with van der Waals surface area (Å²) in [5.41, 5.74) is 4.86. The van der Waals surface area contributed by atoms with Crippen molar-refractivity contribution >= 4 is 16.8 Å². The number of para-hydroxylation sites is 1. The number of hydrogen-bond donors (Lipinski definition) is 0. The zero-order valence-electron chi connectivity index (χ0n) is 11.6. The van der Waals surface area contributed by atoms with Crippen molar-refractivity contribution in [1.82, 2.24) is 0 Å². The van der Waals surface area contributed by atoms with E-state index in [1.165, 1.54) is 0 Å². The maximum atomic E-state index is 12.5. The molecule has 0 fully saturated rings. The fraction of sp³-hybridized carbons (Fsp3) is 0.167. The molecule has 100 valence electrons. The Balaban J connectivity index is 1.98. The highest BCUT2D eigenvalue weighted by Gasteiger charge is 2.15. The van der Waals surface area contributed by atoms with E-state index >= 15 is 0 Å². The van der Waals surface area contributed by atoms with Crippen molar-refractivity contribution in [3.05, 3.63) is 71.0 Å². The van der Waals surface area contributed by atoms with Crippen LogP contribution < -0.4 is 0 Å². The van der Waals surface area contributed by atoms with Gasteiger partial charge in [0.1, 0.15) is 11.8 Å². The highest BCUT2D eigenvalue weighted by Crippen LogP contribution is 2.23. The number of fused-ring (bicyclic) bond motifs is 1. The Kier molecular flexibility index (Phi) is 3.15. The van der Waals surface area contributed by atoms with Crippen LogP contribution in [0.25, 0.3) is 11.0 Å². The number of Topliss-reactive ketones (excluding diaryl/α,β-unsaturated/α-hetero) is 1. The first-order valence-electron chi connectivity index (χ1n) is 6.71. The molecule has 1 heterocycles. The van der Waals surface area contributed by atoms with Gasteiger partial charge in [0.25, 0.3) is 0 Å². The monoisotopic (exact) mass is 264 g/mol. The minimum absolute atomic E-state index is 0.104. The molecule has 0 bridgehead atoms. The average Bonchev–Trinajstić information content (AvgIpc) is 2.87. The lowest BCUT2D eigenvalue weighted by atomic mass is 9.95. The smallest absolute Gasteiger partial charge is 0.171 e. The zero-order valence-corrected chi connectivity index (χ0v) is 11.6. The summed E-state index contributed by atoms with van der Waals surface area (Å²) in [6.45, 7) is 4.09. The van der Waals surface area contributed by atoms with Crippen LogP contribution in [0.15, 0.2) is 53.1 Å². The first-order valence-corrected chi connectivity index (χ1v) is 6.71. The molecular formula is C18H16O2. The molecule has 2 nitrogen and oxygen atoms in total. The van der Waals surface area contributed by atoms with Gasteiger partial charge in [-0.2, -0.15) is 0 Å². The van der Waals surface area contributed by atoms with Gasteiger partial charge in [-0.15, -0.1) is 0 Å². The second-order valence-corrected chi connectivity index (χ2v) is 5.12. The van der Waals surface area contributed by atoms with Crippen molar-refractivity contribution in [3.8, 4) is 0 Å². The normalized spacial score (nSPS) is 10.9. The third-order valence-corrected chi connectivity index (χ3v) is 3.76. The number of hydrogen-bond acceptors (Lipinski definition) is 2. The van der Waals surface area contributed by atoms with Gasteiger partial charge in [-0.1, -0.05) is 36.4 Å². The largest absolute Gasteiger partial charge is 0.464 e. The molecule has 2 heteroatoms. The number of rotatable bonds is 3. The third kappa shape index (κ3) is 2.14. The van der Waals surface area contributed by atoms with Gasteiger partial charge in [0.15, 0.2) is 5.78 Å². The second kappa shape index (κ2) is 4.97. The standard InChI is InChI=1S/C18H16O2/c1-12-6-5-7-13(2)15(12)10-17(19)16-11-20-18-9-4-3-8-14(16)18/h3-9,11H,10H2,1-2H3. The molecule has 20 heavy (non-hydrogen) atoms. The van der Waals surface area contributed by atoms with E-state index in [2.05, 4.69) is 0 Å². The van der Waals surface area contributed by atoms with E-state index in [-0.39, 0.29) is 5.78 Å². The van der Waals surface area contributed by atoms with Crippen molar-refractivity contribution in [2.24, 2.45) is 0 Å². The van der Waals surface area contributed by atoms with Crippen LogP contribution in [-0.4, -0.2) is 5.78 Å². The first kappa shape index (κ1) is 12.7. The lowest BCUT2D eigenvalue weighted by molar-refractivity contribution is 0.0993. The molecule has 0 saturated heterocycles. The van der Waals surface area contributed by atoms with Crippen LogP contribution in [0.5, 0.6) is 0 Å². The van der Waals surface area contributed by atoms with Crippen molar-refractivity contribution in [1.29, 1.82) is 0 Å². The van der Waals surface area contributed by atoms with E-state index in [0.717, 1.165) is 27.7 Å². The third-order valence-electron chi connectivity index (χ3n) is 3.76. The van der Waals surface area contributed by atoms with Gasteiger partial charge < -0.3 is 4.42 Å². The molecule has 0 amide bonds. The predicted octanol–water partition coefficient (Wildman–Crippen LogP) is 4.48. The zero-order chi connectivity index (χ0) is 14.1. The summed E-state index contributed by atoms with van der Waals surface area (Å²) >= 11 is 0. The molecule has 0 atom stereocenters.